The van der Waals surface area contributed by atoms with Gasteiger partial charge in [0, 0.05) is 44.8 Å². The Morgan fingerprint density at radius 1 is 0.933 bits per heavy atom. The molecule has 0 bridgehead atoms. The fraction of sp³-hybridized carbons (Fsp3) is 0.667. The second kappa shape index (κ2) is 9.92. The van der Waals surface area contributed by atoms with E-state index in [4.69, 9.17) is 4.74 Å². The van der Waals surface area contributed by atoms with Crippen LogP contribution in [-0.2, 0) is 16.0 Å². The Kier molecular flexibility index (Phi) is 7.05. The summed E-state index contributed by atoms with van der Waals surface area (Å²) in [6.07, 6.45) is 5.72. The minimum absolute atomic E-state index is 0.0355. The minimum Gasteiger partial charge on any atom is -0.378 e. The van der Waals surface area contributed by atoms with Crippen molar-refractivity contribution in [3.63, 3.8) is 0 Å². The maximum Gasteiger partial charge on any atom is 0.253 e. The zero-order chi connectivity index (χ0) is 20.9. The van der Waals surface area contributed by atoms with E-state index < -0.39 is 0 Å². The van der Waals surface area contributed by atoms with E-state index in [1.165, 1.54) is 18.4 Å². The number of nitrogens with zero attached hydrogens (tertiary/aromatic N) is 3. The van der Waals surface area contributed by atoms with Crippen molar-refractivity contribution in [2.45, 2.75) is 45.1 Å². The Labute approximate surface area is 180 Å². The molecule has 2 saturated heterocycles. The second-order valence-corrected chi connectivity index (χ2v) is 8.81. The lowest BCUT2D eigenvalue weighted by atomic mass is 9.94. The van der Waals surface area contributed by atoms with Gasteiger partial charge in [0.05, 0.1) is 19.3 Å². The largest absolute Gasteiger partial charge is 0.378 e. The topological polar surface area (TPSA) is 53.1 Å². The van der Waals surface area contributed by atoms with Crippen LogP contribution in [0.1, 0.15) is 48.5 Å². The van der Waals surface area contributed by atoms with Crippen molar-refractivity contribution in [2.75, 3.05) is 52.5 Å². The predicted octanol–water partition coefficient (Wildman–Crippen LogP) is 2.42. The molecule has 1 unspecified atom stereocenters. The van der Waals surface area contributed by atoms with Crippen molar-refractivity contribution in [3.8, 4) is 0 Å². The number of piperazine rings is 1. The van der Waals surface area contributed by atoms with Crippen molar-refractivity contribution >= 4 is 11.8 Å². The smallest absolute Gasteiger partial charge is 0.253 e. The molecular formula is C24H35N3O3. The molecule has 1 aliphatic carbocycles. The van der Waals surface area contributed by atoms with Crippen LogP contribution in [0.15, 0.2) is 24.3 Å². The van der Waals surface area contributed by atoms with Crippen LogP contribution in [0, 0.1) is 5.92 Å². The molecule has 30 heavy (non-hydrogen) atoms. The van der Waals surface area contributed by atoms with E-state index in [0.29, 0.717) is 45.3 Å². The molecule has 1 saturated carbocycles. The van der Waals surface area contributed by atoms with Crippen molar-refractivity contribution < 1.29 is 14.3 Å². The number of carbonyl (C=O) groups excluding carboxylic acids is 2. The van der Waals surface area contributed by atoms with Crippen LogP contribution in [0.5, 0.6) is 0 Å². The van der Waals surface area contributed by atoms with E-state index in [9.17, 15) is 9.59 Å². The van der Waals surface area contributed by atoms with Crippen LogP contribution >= 0.6 is 0 Å². The summed E-state index contributed by atoms with van der Waals surface area (Å²) >= 11 is 0. The lowest BCUT2D eigenvalue weighted by Crippen LogP contribution is -2.59. The third-order valence-electron chi connectivity index (χ3n) is 7.03. The summed E-state index contributed by atoms with van der Waals surface area (Å²) in [4.78, 5) is 32.7. The van der Waals surface area contributed by atoms with E-state index in [1.807, 2.05) is 34.1 Å². The highest BCUT2D eigenvalue weighted by atomic mass is 16.5. The van der Waals surface area contributed by atoms with Gasteiger partial charge in [-0.3, -0.25) is 14.5 Å². The first-order valence-corrected chi connectivity index (χ1v) is 11.7. The molecule has 0 radical (unpaired) electrons. The van der Waals surface area contributed by atoms with Gasteiger partial charge in [0.1, 0.15) is 0 Å². The Bertz CT molecular complexity index is 716. The number of carbonyl (C=O) groups is 2. The summed E-state index contributed by atoms with van der Waals surface area (Å²) in [7, 11) is 0. The zero-order valence-electron chi connectivity index (χ0n) is 18.2. The number of rotatable bonds is 5. The van der Waals surface area contributed by atoms with Gasteiger partial charge < -0.3 is 14.5 Å². The Morgan fingerprint density at radius 2 is 1.57 bits per heavy atom. The molecule has 4 rings (SSSR count). The van der Waals surface area contributed by atoms with Crippen LogP contribution in [0.2, 0.25) is 0 Å². The quantitative estimate of drug-likeness (QED) is 0.744. The molecular weight excluding hydrogens is 378 g/mol. The van der Waals surface area contributed by atoms with E-state index in [0.717, 1.165) is 37.9 Å². The van der Waals surface area contributed by atoms with Gasteiger partial charge in [-0.25, -0.2) is 0 Å². The van der Waals surface area contributed by atoms with Gasteiger partial charge in [0.15, 0.2) is 0 Å². The number of aryl methyl sites for hydroxylation is 1. The summed E-state index contributed by atoms with van der Waals surface area (Å²) in [5.41, 5.74) is 2.01. The summed E-state index contributed by atoms with van der Waals surface area (Å²) in [6.45, 7) is 7.73. The summed E-state index contributed by atoms with van der Waals surface area (Å²) < 4.78 is 5.45. The van der Waals surface area contributed by atoms with E-state index in [-0.39, 0.29) is 17.9 Å². The fourth-order valence-corrected chi connectivity index (χ4v) is 5.17. The molecule has 0 aromatic heterocycles. The zero-order valence-corrected chi connectivity index (χ0v) is 18.2. The molecule has 1 aromatic carbocycles. The van der Waals surface area contributed by atoms with Crippen LogP contribution < -0.4 is 0 Å². The maximum atomic E-state index is 13.4. The third kappa shape index (κ3) is 4.70. The molecule has 6 heteroatoms. The summed E-state index contributed by atoms with van der Waals surface area (Å²) in [6, 6.07) is 7.93. The first kappa shape index (κ1) is 21.3. The standard InChI is InChI=1S/C24H35N3O3/c1-2-19-7-9-21(10-8-19)23(28)26-13-11-25(12-14-26)22(20-5-3-4-6-20)24(29)27-15-17-30-18-16-27/h7-10,20,22H,2-6,11-18H2,1H3. The normalized spacial score (nSPS) is 22.3. The van der Waals surface area contributed by atoms with Gasteiger partial charge in [-0.15, -0.1) is 0 Å². The van der Waals surface area contributed by atoms with Crippen molar-refractivity contribution in [3.05, 3.63) is 35.4 Å². The number of ether oxygens (including phenoxy) is 1. The van der Waals surface area contributed by atoms with Crippen molar-refractivity contribution in [1.82, 2.24) is 14.7 Å². The molecule has 2 amide bonds. The molecule has 1 aromatic rings. The van der Waals surface area contributed by atoms with E-state index in [1.54, 1.807) is 0 Å². The lowest BCUT2D eigenvalue weighted by Gasteiger charge is -2.43. The second-order valence-electron chi connectivity index (χ2n) is 8.81. The number of hydrogen-bond donors (Lipinski definition) is 0. The average Bonchev–Trinajstić information content (AvgIpc) is 3.34. The van der Waals surface area contributed by atoms with E-state index >= 15 is 0 Å². The average molecular weight is 414 g/mol. The number of benzene rings is 1. The number of morpholine rings is 1. The van der Waals surface area contributed by atoms with Crippen LogP contribution in [0.3, 0.4) is 0 Å². The van der Waals surface area contributed by atoms with Gasteiger partial charge in [0.25, 0.3) is 5.91 Å². The van der Waals surface area contributed by atoms with Crippen LogP contribution in [0.4, 0.5) is 0 Å². The highest BCUT2D eigenvalue weighted by Crippen LogP contribution is 2.32. The molecule has 6 nitrogen and oxygen atoms in total. The summed E-state index contributed by atoms with van der Waals surface area (Å²) in [5.74, 6) is 0.832. The third-order valence-corrected chi connectivity index (χ3v) is 7.03. The van der Waals surface area contributed by atoms with Gasteiger partial charge >= 0.3 is 0 Å². The molecule has 164 valence electrons. The van der Waals surface area contributed by atoms with Gasteiger partial charge in [-0.2, -0.15) is 0 Å². The molecule has 2 heterocycles. The molecule has 3 aliphatic rings. The SMILES string of the molecule is CCc1ccc(C(=O)N2CCN(C(C(=O)N3CCOCC3)C3CCCC3)CC2)cc1. The number of amides is 2. The number of hydrogen-bond acceptors (Lipinski definition) is 4. The lowest BCUT2D eigenvalue weighted by molar-refractivity contribution is -0.144. The first-order valence-electron chi connectivity index (χ1n) is 11.7. The highest BCUT2D eigenvalue weighted by Gasteiger charge is 2.39. The van der Waals surface area contributed by atoms with Gasteiger partial charge in [0.2, 0.25) is 5.91 Å². The van der Waals surface area contributed by atoms with Crippen LogP contribution in [-0.4, -0.2) is 85.0 Å². The van der Waals surface area contributed by atoms with Crippen molar-refractivity contribution in [1.29, 1.82) is 0 Å². The molecule has 0 spiro atoms. The summed E-state index contributed by atoms with van der Waals surface area (Å²) in [5, 5.41) is 0. The maximum absolute atomic E-state index is 13.4. The molecule has 2 aliphatic heterocycles. The Morgan fingerprint density at radius 3 is 2.17 bits per heavy atom. The first-order chi connectivity index (χ1) is 14.7. The fourth-order valence-electron chi connectivity index (χ4n) is 5.17. The highest BCUT2D eigenvalue weighted by molar-refractivity contribution is 5.94. The van der Waals surface area contributed by atoms with E-state index in [2.05, 4.69) is 11.8 Å². The molecule has 0 N–H and O–H groups in total. The predicted molar refractivity (Wildman–Crippen MR) is 116 cm³/mol. The molecule has 3 fully saturated rings. The monoisotopic (exact) mass is 413 g/mol. The van der Waals surface area contributed by atoms with Crippen LogP contribution in [0.25, 0.3) is 0 Å². The van der Waals surface area contributed by atoms with Crippen molar-refractivity contribution in [2.24, 2.45) is 5.92 Å². The van der Waals surface area contributed by atoms with Gasteiger partial charge in [-0.1, -0.05) is 31.9 Å². The molecule has 1 atom stereocenters. The Balaban J connectivity index is 1.40. The van der Waals surface area contributed by atoms with Gasteiger partial charge in [-0.05, 0) is 42.9 Å². The minimum atomic E-state index is -0.0355. The Hall–Kier alpha value is -1.92.